The molecule has 8 heteroatoms. The summed E-state index contributed by atoms with van der Waals surface area (Å²) < 4.78 is 23.6. The molecule has 2 aromatic heterocycles. The Balaban J connectivity index is 1.51. The van der Waals surface area contributed by atoms with Crippen LogP contribution in [0.2, 0.25) is 0 Å². The van der Waals surface area contributed by atoms with E-state index in [9.17, 15) is 13.2 Å². The van der Waals surface area contributed by atoms with Gasteiger partial charge in [0.05, 0.1) is 28.5 Å². The minimum Gasteiger partial charge on any atom is -0.345 e. The monoisotopic (exact) mass is 411 g/mol. The topological polar surface area (TPSA) is 67.7 Å². The summed E-state index contributed by atoms with van der Waals surface area (Å²) in [5.41, 5.74) is 0.707. The van der Waals surface area contributed by atoms with Crippen LogP contribution in [-0.4, -0.2) is 44.5 Å². The molecule has 2 aromatic rings. The highest BCUT2D eigenvalue weighted by Gasteiger charge is 2.41. The van der Waals surface area contributed by atoms with Crippen molar-refractivity contribution in [1.82, 2.24) is 5.32 Å². The van der Waals surface area contributed by atoms with E-state index in [1.807, 2.05) is 6.92 Å². The number of quaternary nitrogens is 1. The van der Waals surface area contributed by atoms with Gasteiger partial charge in [-0.15, -0.1) is 22.7 Å². The van der Waals surface area contributed by atoms with Crippen LogP contribution in [0.25, 0.3) is 0 Å². The molecule has 0 aromatic carbocycles. The van der Waals surface area contributed by atoms with E-state index in [-0.39, 0.29) is 23.5 Å². The van der Waals surface area contributed by atoms with E-state index in [1.54, 1.807) is 22.7 Å². The van der Waals surface area contributed by atoms with Crippen molar-refractivity contribution < 1.29 is 18.1 Å². The van der Waals surface area contributed by atoms with Crippen LogP contribution in [0.15, 0.2) is 29.0 Å². The normalized spacial score (nSPS) is 30.0. The second-order valence-electron chi connectivity index (χ2n) is 7.53. The molecule has 26 heavy (non-hydrogen) atoms. The van der Waals surface area contributed by atoms with Gasteiger partial charge in [-0.25, -0.2) is 8.42 Å². The standard InChI is InChI=1S/C18H22N2O3S3/c1-18(6-10-26(22,23)12-18)19-16(21)11-20-7-4-14-13(5-9-25-14)17(20)15-3-2-8-24-15/h2-3,5,8-9,17H,4,6-7,10-12H2,1H3,(H,19,21)/p+1/t17-,18+/m1/s1. The molecule has 5 nitrogen and oxygen atoms in total. The van der Waals surface area contributed by atoms with Crippen molar-refractivity contribution in [3.05, 3.63) is 44.3 Å². The van der Waals surface area contributed by atoms with E-state index in [0.717, 1.165) is 13.0 Å². The first-order valence-electron chi connectivity index (χ1n) is 8.81. The highest BCUT2D eigenvalue weighted by atomic mass is 32.2. The van der Waals surface area contributed by atoms with Gasteiger partial charge in [-0.1, -0.05) is 6.07 Å². The molecule has 0 aliphatic carbocycles. The Labute approximate surface area is 162 Å². The molecule has 0 saturated carbocycles. The van der Waals surface area contributed by atoms with Crippen LogP contribution < -0.4 is 10.2 Å². The first-order valence-corrected chi connectivity index (χ1v) is 12.4. The lowest BCUT2D eigenvalue weighted by Crippen LogP contribution is -3.14. The average molecular weight is 412 g/mol. The fourth-order valence-electron chi connectivity index (χ4n) is 4.15. The van der Waals surface area contributed by atoms with Gasteiger partial charge in [0.25, 0.3) is 5.91 Å². The zero-order valence-corrected chi connectivity index (χ0v) is 17.1. The largest absolute Gasteiger partial charge is 0.345 e. The van der Waals surface area contributed by atoms with E-state index >= 15 is 0 Å². The second-order valence-corrected chi connectivity index (χ2v) is 11.7. The summed E-state index contributed by atoms with van der Waals surface area (Å²) in [5.74, 6) is 0.153. The van der Waals surface area contributed by atoms with Crippen LogP contribution in [0.3, 0.4) is 0 Å². The minimum absolute atomic E-state index is 0.0457. The fourth-order valence-corrected chi connectivity index (χ4v) is 8.06. The smallest absolute Gasteiger partial charge is 0.275 e. The van der Waals surface area contributed by atoms with Crippen molar-refractivity contribution in [2.75, 3.05) is 24.6 Å². The lowest BCUT2D eigenvalue weighted by atomic mass is 9.98. The van der Waals surface area contributed by atoms with Gasteiger partial charge in [-0.2, -0.15) is 0 Å². The fraction of sp³-hybridized carbons (Fsp3) is 0.500. The lowest BCUT2D eigenvalue weighted by Gasteiger charge is -2.33. The number of amides is 1. The third kappa shape index (κ3) is 3.60. The highest BCUT2D eigenvalue weighted by Crippen LogP contribution is 2.31. The van der Waals surface area contributed by atoms with Crippen LogP contribution >= 0.6 is 22.7 Å². The Hall–Kier alpha value is -1.22. The number of hydrogen-bond acceptors (Lipinski definition) is 5. The summed E-state index contributed by atoms with van der Waals surface area (Å²) in [7, 11) is -3.03. The van der Waals surface area contributed by atoms with Gasteiger partial charge in [0.2, 0.25) is 0 Å². The van der Waals surface area contributed by atoms with Crippen molar-refractivity contribution >= 4 is 38.4 Å². The molecule has 1 saturated heterocycles. The van der Waals surface area contributed by atoms with Crippen molar-refractivity contribution in [3.8, 4) is 0 Å². The number of hydrogen-bond donors (Lipinski definition) is 2. The van der Waals surface area contributed by atoms with Gasteiger partial charge in [0.15, 0.2) is 16.4 Å². The number of rotatable bonds is 4. The van der Waals surface area contributed by atoms with E-state index in [2.05, 4.69) is 34.3 Å². The van der Waals surface area contributed by atoms with E-state index in [0.29, 0.717) is 13.0 Å². The molecule has 1 amide bonds. The maximum Gasteiger partial charge on any atom is 0.275 e. The Morgan fingerprint density at radius 1 is 1.35 bits per heavy atom. The van der Waals surface area contributed by atoms with Gasteiger partial charge in [0, 0.05) is 16.9 Å². The van der Waals surface area contributed by atoms with Crippen LogP contribution in [-0.2, 0) is 21.1 Å². The molecular formula is C18H23N2O3S3+. The molecule has 0 radical (unpaired) electrons. The van der Waals surface area contributed by atoms with E-state index in [1.165, 1.54) is 20.2 Å². The lowest BCUT2D eigenvalue weighted by molar-refractivity contribution is -0.919. The molecule has 0 bridgehead atoms. The van der Waals surface area contributed by atoms with Gasteiger partial charge < -0.3 is 10.2 Å². The zero-order valence-electron chi connectivity index (χ0n) is 14.7. The summed E-state index contributed by atoms with van der Waals surface area (Å²) in [6.07, 6.45) is 1.49. The molecule has 1 unspecified atom stereocenters. The Kier molecular flexibility index (Phi) is 4.71. The van der Waals surface area contributed by atoms with Crippen LogP contribution in [0, 0.1) is 0 Å². The highest BCUT2D eigenvalue weighted by molar-refractivity contribution is 7.91. The molecule has 2 aliphatic rings. The molecule has 1 fully saturated rings. The summed E-state index contributed by atoms with van der Waals surface area (Å²) in [6, 6.07) is 6.58. The Bertz CT molecular complexity index is 904. The van der Waals surface area contributed by atoms with Gasteiger partial charge in [-0.3, -0.25) is 4.79 Å². The van der Waals surface area contributed by atoms with Crippen molar-refractivity contribution in [3.63, 3.8) is 0 Å². The molecule has 4 rings (SSSR count). The van der Waals surface area contributed by atoms with Crippen molar-refractivity contribution in [1.29, 1.82) is 0 Å². The molecular weight excluding hydrogens is 388 g/mol. The molecule has 4 heterocycles. The maximum atomic E-state index is 12.7. The third-order valence-corrected chi connectivity index (χ3v) is 9.17. The van der Waals surface area contributed by atoms with Gasteiger partial charge in [0.1, 0.15) is 6.04 Å². The number of carbonyl (C=O) groups is 1. The van der Waals surface area contributed by atoms with Crippen molar-refractivity contribution in [2.45, 2.75) is 31.3 Å². The summed E-state index contributed by atoms with van der Waals surface area (Å²) in [6.45, 7) is 3.13. The predicted molar refractivity (Wildman–Crippen MR) is 105 cm³/mol. The quantitative estimate of drug-likeness (QED) is 0.790. The van der Waals surface area contributed by atoms with Crippen LogP contribution in [0.4, 0.5) is 0 Å². The molecule has 2 aliphatic heterocycles. The van der Waals surface area contributed by atoms with E-state index < -0.39 is 15.4 Å². The van der Waals surface area contributed by atoms with E-state index in [4.69, 9.17) is 0 Å². The summed E-state index contributed by atoms with van der Waals surface area (Å²) in [5, 5.41) is 7.23. The molecule has 0 spiro atoms. The molecule has 2 N–H and O–H groups in total. The minimum atomic E-state index is -3.03. The first kappa shape index (κ1) is 18.2. The third-order valence-electron chi connectivity index (χ3n) is 5.33. The first-order chi connectivity index (χ1) is 12.4. The number of nitrogens with one attached hydrogen (secondary N) is 2. The van der Waals surface area contributed by atoms with Gasteiger partial charge in [-0.05, 0) is 36.2 Å². The molecule has 140 valence electrons. The predicted octanol–water partition coefficient (Wildman–Crippen LogP) is 1.03. The van der Waals surface area contributed by atoms with Crippen LogP contribution in [0.5, 0.6) is 0 Å². The number of carbonyl (C=O) groups excluding carboxylic acids is 1. The molecule has 3 atom stereocenters. The Morgan fingerprint density at radius 3 is 2.88 bits per heavy atom. The van der Waals surface area contributed by atoms with Crippen LogP contribution in [0.1, 0.15) is 34.7 Å². The van der Waals surface area contributed by atoms with Crippen molar-refractivity contribution in [2.24, 2.45) is 0 Å². The number of fused-ring (bicyclic) bond motifs is 1. The summed E-state index contributed by atoms with van der Waals surface area (Å²) >= 11 is 3.53. The zero-order chi connectivity index (χ0) is 18.4. The van der Waals surface area contributed by atoms with Gasteiger partial charge >= 0.3 is 0 Å². The maximum absolute atomic E-state index is 12.7. The second kappa shape index (κ2) is 6.74. The summed E-state index contributed by atoms with van der Waals surface area (Å²) in [4.78, 5) is 16.7. The SMILES string of the molecule is C[C@]1(NC(=O)C[NH+]2CCc3sccc3[C@@H]2c2cccs2)CCS(=O)(=O)C1. The Morgan fingerprint density at radius 2 is 2.19 bits per heavy atom. The average Bonchev–Trinajstić information content (AvgIpc) is 3.27. The number of sulfone groups is 1. The number of thiophene rings is 2.